The summed E-state index contributed by atoms with van der Waals surface area (Å²) < 4.78 is 36.4. The number of hydrogen-bond donors (Lipinski definition) is 2. The molecule has 0 saturated carbocycles. The molecule has 0 heterocycles. The highest BCUT2D eigenvalue weighted by molar-refractivity contribution is 6.73. The zero-order chi connectivity index (χ0) is 10.1. The van der Waals surface area contributed by atoms with Gasteiger partial charge in [0, 0.05) is 11.3 Å². The van der Waals surface area contributed by atoms with E-state index in [0.717, 1.165) is 12.1 Å². The van der Waals surface area contributed by atoms with Crippen molar-refractivity contribution in [1.29, 1.82) is 0 Å². The Morgan fingerprint density at radius 1 is 1.31 bits per heavy atom. The lowest BCUT2D eigenvalue weighted by Crippen LogP contribution is -2.34. The van der Waals surface area contributed by atoms with Gasteiger partial charge < -0.3 is 23.8 Å². The highest BCUT2D eigenvalue weighted by Gasteiger charge is 2.25. The van der Waals surface area contributed by atoms with Gasteiger partial charge in [-0.25, -0.2) is 0 Å². The second kappa shape index (κ2) is 3.29. The molecule has 0 aromatic heterocycles. The van der Waals surface area contributed by atoms with E-state index in [1.54, 1.807) is 0 Å². The lowest BCUT2D eigenvalue weighted by molar-refractivity contribution is 0.282. The summed E-state index contributed by atoms with van der Waals surface area (Å²) in [5.74, 6) is 0. The number of aliphatic hydroxyl groups is 1. The van der Waals surface area contributed by atoms with Crippen LogP contribution in [0.5, 0.6) is 0 Å². The third-order valence-electron chi connectivity index (χ3n) is 1.72. The molecule has 1 rings (SSSR count). The standard InChI is InChI=1S/C7H8BF3NO/c9-8(10,11)6-2-1-5(4-13)7(12)3-6/h1-3,13H,4,12H2/q-1. The Morgan fingerprint density at radius 2 is 1.92 bits per heavy atom. The quantitative estimate of drug-likeness (QED) is 0.535. The normalized spacial score (nSPS) is 11.7. The van der Waals surface area contributed by atoms with Crippen molar-refractivity contribution in [3.63, 3.8) is 0 Å². The molecule has 0 spiro atoms. The molecule has 72 valence electrons. The van der Waals surface area contributed by atoms with Gasteiger partial charge in [-0.3, -0.25) is 0 Å². The van der Waals surface area contributed by atoms with Crippen molar-refractivity contribution < 1.29 is 18.1 Å². The van der Waals surface area contributed by atoms with Crippen LogP contribution in [0.1, 0.15) is 5.56 Å². The fourth-order valence-electron chi connectivity index (χ4n) is 0.961. The van der Waals surface area contributed by atoms with Crippen molar-refractivity contribution in [2.24, 2.45) is 0 Å². The van der Waals surface area contributed by atoms with E-state index in [1.165, 1.54) is 6.07 Å². The van der Waals surface area contributed by atoms with Crippen LogP contribution < -0.4 is 11.2 Å². The number of hydrogen-bond acceptors (Lipinski definition) is 2. The smallest absolute Gasteiger partial charge is 0.445 e. The lowest BCUT2D eigenvalue weighted by atomic mass is 9.79. The van der Waals surface area contributed by atoms with E-state index in [9.17, 15) is 12.9 Å². The van der Waals surface area contributed by atoms with Crippen LogP contribution in [0.4, 0.5) is 18.6 Å². The van der Waals surface area contributed by atoms with E-state index in [2.05, 4.69) is 0 Å². The fourth-order valence-corrected chi connectivity index (χ4v) is 0.961. The summed E-state index contributed by atoms with van der Waals surface area (Å²) >= 11 is 0. The van der Waals surface area contributed by atoms with Crippen LogP contribution >= 0.6 is 0 Å². The minimum Gasteiger partial charge on any atom is -0.445 e. The first-order chi connectivity index (χ1) is 5.95. The molecule has 3 N–H and O–H groups in total. The second-order valence-electron chi connectivity index (χ2n) is 2.69. The Kier molecular flexibility index (Phi) is 2.51. The van der Waals surface area contributed by atoms with Gasteiger partial charge in [0.1, 0.15) is 0 Å². The molecule has 2 nitrogen and oxygen atoms in total. The first kappa shape index (κ1) is 9.92. The average Bonchev–Trinajstić information content (AvgIpc) is 2.02. The van der Waals surface area contributed by atoms with Gasteiger partial charge in [-0.1, -0.05) is 18.2 Å². The van der Waals surface area contributed by atoms with Gasteiger partial charge in [-0.15, -0.1) is 5.46 Å². The third kappa shape index (κ3) is 2.15. The third-order valence-corrected chi connectivity index (χ3v) is 1.72. The molecule has 0 radical (unpaired) electrons. The fraction of sp³-hybridized carbons (Fsp3) is 0.143. The minimum absolute atomic E-state index is 0.0285. The number of halogens is 3. The van der Waals surface area contributed by atoms with Crippen molar-refractivity contribution in [2.45, 2.75) is 6.61 Å². The summed E-state index contributed by atoms with van der Waals surface area (Å²) in [6.45, 7) is -5.36. The largest absolute Gasteiger partial charge is 0.509 e. The number of benzene rings is 1. The molecule has 0 atom stereocenters. The molecule has 0 amide bonds. The molecule has 0 aliphatic heterocycles. The van der Waals surface area contributed by atoms with Crippen LogP contribution in [-0.4, -0.2) is 12.1 Å². The van der Waals surface area contributed by atoms with Crippen LogP contribution in [-0.2, 0) is 6.61 Å². The van der Waals surface area contributed by atoms with E-state index in [1.807, 2.05) is 0 Å². The zero-order valence-corrected chi connectivity index (χ0v) is 6.67. The topological polar surface area (TPSA) is 46.2 Å². The number of nitrogens with two attached hydrogens (primary N) is 1. The van der Waals surface area contributed by atoms with E-state index in [4.69, 9.17) is 10.8 Å². The molecule has 0 aliphatic carbocycles. The molecule has 0 fully saturated rings. The minimum atomic E-state index is -5.01. The maximum Gasteiger partial charge on any atom is 0.509 e. The average molecular weight is 190 g/mol. The van der Waals surface area contributed by atoms with Gasteiger partial charge >= 0.3 is 6.98 Å². The summed E-state index contributed by atoms with van der Waals surface area (Å²) in [5.41, 5.74) is 4.82. The summed E-state index contributed by atoms with van der Waals surface area (Å²) in [7, 11) is 0. The summed E-state index contributed by atoms with van der Waals surface area (Å²) in [6, 6.07) is 2.94. The van der Waals surface area contributed by atoms with Gasteiger partial charge in [0.15, 0.2) is 0 Å². The molecule has 1 aromatic carbocycles. The van der Waals surface area contributed by atoms with Gasteiger partial charge in [0.25, 0.3) is 0 Å². The first-order valence-corrected chi connectivity index (χ1v) is 3.64. The second-order valence-corrected chi connectivity index (χ2v) is 2.69. The van der Waals surface area contributed by atoms with Gasteiger partial charge in [0.05, 0.1) is 6.61 Å². The van der Waals surface area contributed by atoms with Crippen LogP contribution in [0.2, 0.25) is 0 Å². The van der Waals surface area contributed by atoms with E-state index in [0.29, 0.717) is 5.56 Å². The van der Waals surface area contributed by atoms with Crippen molar-refractivity contribution >= 4 is 18.1 Å². The lowest BCUT2D eigenvalue weighted by Gasteiger charge is -2.16. The predicted molar refractivity (Wildman–Crippen MR) is 45.5 cm³/mol. The Balaban J connectivity index is 3.10. The monoisotopic (exact) mass is 190 g/mol. The maximum absolute atomic E-state index is 12.1. The summed E-state index contributed by atoms with van der Waals surface area (Å²) in [5, 5.41) is 8.66. The summed E-state index contributed by atoms with van der Waals surface area (Å²) in [6.07, 6.45) is 0. The van der Waals surface area contributed by atoms with Crippen molar-refractivity contribution in [3.05, 3.63) is 23.8 Å². The van der Waals surface area contributed by atoms with Gasteiger partial charge in [-0.05, 0) is 0 Å². The van der Waals surface area contributed by atoms with Crippen molar-refractivity contribution in [2.75, 3.05) is 5.73 Å². The molecule has 0 unspecified atom stereocenters. The van der Waals surface area contributed by atoms with Crippen LogP contribution in [0.3, 0.4) is 0 Å². The van der Waals surface area contributed by atoms with Crippen LogP contribution in [0.25, 0.3) is 0 Å². The highest BCUT2D eigenvalue weighted by Crippen LogP contribution is 2.14. The van der Waals surface area contributed by atoms with Crippen molar-refractivity contribution in [3.8, 4) is 0 Å². The molecule has 1 aromatic rings. The Morgan fingerprint density at radius 3 is 2.31 bits per heavy atom. The molecule has 0 bridgehead atoms. The van der Waals surface area contributed by atoms with Crippen molar-refractivity contribution in [1.82, 2.24) is 0 Å². The molecule has 6 heteroatoms. The van der Waals surface area contributed by atoms with E-state index < -0.39 is 12.4 Å². The molecular formula is C7H8BF3NO-. The van der Waals surface area contributed by atoms with E-state index >= 15 is 0 Å². The zero-order valence-electron chi connectivity index (χ0n) is 6.67. The first-order valence-electron chi connectivity index (χ1n) is 3.64. The maximum atomic E-state index is 12.1. The summed E-state index contributed by atoms with van der Waals surface area (Å²) in [4.78, 5) is 0. The predicted octanol–water partition coefficient (Wildman–Crippen LogP) is 0.815. The number of aliphatic hydroxyl groups excluding tert-OH is 1. The molecule has 13 heavy (non-hydrogen) atoms. The Bertz CT molecular complexity index is 313. The van der Waals surface area contributed by atoms with Gasteiger partial charge in [0.2, 0.25) is 0 Å². The highest BCUT2D eigenvalue weighted by atomic mass is 19.4. The van der Waals surface area contributed by atoms with Gasteiger partial charge in [-0.2, -0.15) is 0 Å². The van der Waals surface area contributed by atoms with E-state index in [-0.39, 0.29) is 12.3 Å². The number of anilines is 1. The Labute approximate surface area is 73.2 Å². The molecule has 0 aliphatic rings. The Hall–Kier alpha value is -1.17. The number of nitrogen functional groups attached to an aromatic ring is 1. The molecule has 0 saturated heterocycles. The SMILES string of the molecule is Nc1cc([B-](F)(F)F)ccc1CO. The number of rotatable bonds is 2. The van der Waals surface area contributed by atoms with Crippen LogP contribution in [0.15, 0.2) is 18.2 Å². The van der Waals surface area contributed by atoms with Crippen LogP contribution in [0, 0.1) is 0 Å². The molecular weight excluding hydrogens is 182 g/mol.